The van der Waals surface area contributed by atoms with Crippen molar-refractivity contribution in [1.29, 1.82) is 0 Å². The Morgan fingerprint density at radius 2 is 2.00 bits per heavy atom. The van der Waals surface area contributed by atoms with Gasteiger partial charge in [0.2, 0.25) is 0 Å². The molecule has 1 rings (SSSR count). The molecule has 0 bridgehead atoms. The van der Waals surface area contributed by atoms with Gasteiger partial charge >= 0.3 is 5.69 Å². The van der Waals surface area contributed by atoms with Crippen molar-refractivity contribution in [1.82, 2.24) is 9.13 Å². The molecule has 1 aromatic rings. The summed E-state index contributed by atoms with van der Waals surface area (Å²) in [7, 11) is 0. The summed E-state index contributed by atoms with van der Waals surface area (Å²) in [5.74, 6) is 0. The van der Waals surface area contributed by atoms with E-state index < -0.39 is 6.10 Å². The Morgan fingerprint density at radius 1 is 1.38 bits per heavy atom. The zero-order valence-corrected chi connectivity index (χ0v) is 8.27. The quantitative estimate of drug-likeness (QED) is 0.748. The van der Waals surface area contributed by atoms with Gasteiger partial charge in [0, 0.05) is 18.4 Å². The first kappa shape index (κ1) is 10.1. The van der Waals surface area contributed by atoms with Gasteiger partial charge in [0.05, 0.1) is 12.6 Å². The van der Waals surface area contributed by atoms with Crippen molar-refractivity contribution < 1.29 is 5.11 Å². The molecule has 1 heterocycles. The molecule has 4 heteroatoms. The molecular formula is C9H16N2O2. The van der Waals surface area contributed by atoms with Gasteiger partial charge in [-0.1, -0.05) is 0 Å². The summed E-state index contributed by atoms with van der Waals surface area (Å²) in [5, 5.41) is 9.11. The van der Waals surface area contributed by atoms with Crippen LogP contribution in [-0.2, 0) is 6.54 Å². The predicted molar refractivity (Wildman–Crippen MR) is 50.8 cm³/mol. The molecule has 0 aromatic carbocycles. The summed E-state index contributed by atoms with van der Waals surface area (Å²) in [6.45, 7) is 5.93. The second-order valence-electron chi connectivity index (χ2n) is 3.58. The number of hydrogen-bond donors (Lipinski definition) is 1. The van der Waals surface area contributed by atoms with E-state index >= 15 is 0 Å². The Balaban J connectivity index is 2.94. The zero-order chi connectivity index (χ0) is 10.0. The first-order valence-corrected chi connectivity index (χ1v) is 4.47. The van der Waals surface area contributed by atoms with Gasteiger partial charge in [-0.05, 0) is 20.8 Å². The average molecular weight is 184 g/mol. The van der Waals surface area contributed by atoms with Crippen molar-refractivity contribution in [3.05, 3.63) is 22.9 Å². The van der Waals surface area contributed by atoms with Crippen LogP contribution in [0, 0.1) is 0 Å². The van der Waals surface area contributed by atoms with Gasteiger partial charge in [-0.15, -0.1) is 0 Å². The van der Waals surface area contributed by atoms with E-state index in [2.05, 4.69) is 0 Å². The molecule has 0 amide bonds. The third-order valence-corrected chi connectivity index (χ3v) is 1.89. The highest BCUT2D eigenvalue weighted by molar-refractivity contribution is 4.84. The fourth-order valence-electron chi connectivity index (χ4n) is 1.24. The van der Waals surface area contributed by atoms with Crippen molar-refractivity contribution >= 4 is 0 Å². The van der Waals surface area contributed by atoms with Crippen LogP contribution < -0.4 is 5.69 Å². The van der Waals surface area contributed by atoms with E-state index in [1.807, 2.05) is 13.8 Å². The summed E-state index contributed by atoms with van der Waals surface area (Å²) >= 11 is 0. The molecule has 0 aliphatic rings. The SMILES string of the molecule is CC(C)n1ccn(C[C@@H](C)O)c1=O. The normalized spacial score (nSPS) is 13.6. The molecule has 1 N–H and O–H groups in total. The molecule has 0 saturated heterocycles. The first-order valence-electron chi connectivity index (χ1n) is 4.47. The first-order chi connectivity index (χ1) is 6.02. The van der Waals surface area contributed by atoms with Crippen molar-refractivity contribution in [3.8, 4) is 0 Å². The lowest BCUT2D eigenvalue weighted by molar-refractivity contribution is 0.171. The van der Waals surface area contributed by atoms with Crippen molar-refractivity contribution in [2.24, 2.45) is 0 Å². The van der Waals surface area contributed by atoms with Crippen LogP contribution in [0.3, 0.4) is 0 Å². The summed E-state index contributed by atoms with van der Waals surface area (Å²) in [4.78, 5) is 11.6. The molecule has 13 heavy (non-hydrogen) atoms. The largest absolute Gasteiger partial charge is 0.392 e. The van der Waals surface area contributed by atoms with E-state index in [9.17, 15) is 4.79 Å². The van der Waals surface area contributed by atoms with E-state index in [1.165, 1.54) is 4.57 Å². The second-order valence-corrected chi connectivity index (χ2v) is 3.58. The van der Waals surface area contributed by atoms with Crippen LogP contribution >= 0.6 is 0 Å². The fraction of sp³-hybridized carbons (Fsp3) is 0.667. The summed E-state index contributed by atoms with van der Waals surface area (Å²) in [6.07, 6.45) is 2.96. The monoisotopic (exact) mass is 184 g/mol. The van der Waals surface area contributed by atoms with E-state index in [0.717, 1.165) is 0 Å². The van der Waals surface area contributed by atoms with Crippen LogP contribution in [0.1, 0.15) is 26.8 Å². The summed E-state index contributed by atoms with van der Waals surface area (Å²) < 4.78 is 3.16. The van der Waals surface area contributed by atoms with Gasteiger partial charge in [0.1, 0.15) is 0 Å². The van der Waals surface area contributed by atoms with Crippen LogP contribution in [-0.4, -0.2) is 20.3 Å². The Bertz CT molecular complexity index is 323. The van der Waals surface area contributed by atoms with Crippen LogP contribution in [0.2, 0.25) is 0 Å². The number of hydrogen-bond acceptors (Lipinski definition) is 2. The molecule has 0 fully saturated rings. The summed E-state index contributed by atoms with van der Waals surface area (Å²) in [5.41, 5.74) is -0.0594. The second kappa shape index (κ2) is 3.79. The third kappa shape index (κ3) is 2.21. The minimum absolute atomic E-state index is 0.0594. The molecule has 1 aromatic heterocycles. The highest BCUT2D eigenvalue weighted by Gasteiger charge is 2.06. The van der Waals surface area contributed by atoms with Crippen LogP contribution in [0.4, 0.5) is 0 Å². The number of aliphatic hydroxyl groups excluding tert-OH is 1. The van der Waals surface area contributed by atoms with E-state index in [-0.39, 0.29) is 11.7 Å². The van der Waals surface area contributed by atoms with Gasteiger partial charge in [0.25, 0.3) is 0 Å². The van der Waals surface area contributed by atoms with Gasteiger partial charge in [-0.3, -0.25) is 9.13 Å². The lowest BCUT2D eigenvalue weighted by Gasteiger charge is -2.06. The van der Waals surface area contributed by atoms with Gasteiger partial charge < -0.3 is 5.11 Å². The molecule has 4 nitrogen and oxygen atoms in total. The summed E-state index contributed by atoms with van der Waals surface area (Å²) in [6, 6.07) is 0.169. The lowest BCUT2D eigenvalue weighted by Crippen LogP contribution is -2.28. The van der Waals surface area contributed by atoms with Gasteiger partial charge in [-0.2, -0.15) is 0 Å². The number of imidazole rings is 1. The highest BCUT2D eigenvalue weighted by Crippen LogP contribution is 1.99. The number of aromatic nitrogens is 2. The zero-order valence-electron chi connectivity index (χ0n) is 8.27. The number of aliphatic hydroxyl groups is 1. The molecule has 0 unspecified atom stereocenters. The van der Waals surface area contributed by atoms with E-state index in [0.29, 0.717) is 6.54 Å². The molecule has 0 spiro atoms. The molecule has 0 radical (unpaired) electrons. The fourth-order valence-corrected chi connectivity index (χ4v) is 1.24. The standard InChI is InChI=1S/C9H16N2O2/c1-7(2)11-5-4-10(9(11)13)6-8(3)12/h4-5,7-8,12H,6H2,1-3H3/t8-/m1/s1. The van der Waals surface area contributed by atoms with E-state index in [1.54, 1.807) is 23.9 Å². The van der Waals surface area contributed by atoms with Crippen LogP contribution in [0.25, 0.3) is 0 Å². The number of rotatable bonds is 3. The predicted octanol–water partition coefficient (Wildman–Crippen LogP) is 0.611. The minimum atomic E-state index is -0.485. The molecular weight excluding hydrogens is 168 g/mol. The van der Waals surface area contributed by atoms with Gasteiger partial charge in [-0.25, -0.2) is 4.79 Å². The van der Waals surface area contributed by atoms with Gasteiger partial charge in [0.15, 0.2) is 0 Å². The van der Waals surface area contributed by atoms with E-state index in [4.69, 9.17) is 5.11 Å². The van der Waals surface area contributed by atoms with Crippen LogP contribution in [0.5, 0.6) is 0 Å². The highest BCUT2D eigenvalue weighted by atomic mass is 16.3. The molecule has 74 valence electrons. The Morgan fingerprint density at radius 3 is 2.38 bits per heavy atom. The minimum Gasteiger partial charge on any atom is -0.392 e. The maximum absolute atomic E-state index is 11.6. The Hall–Kier alpha value is -1.03. The molecule has 0 aliphatic carbocycles. The molecule has 0 saturated carbocycles. The Kier molecular flexibility index (Phi) is 2.93. The average Bonchev–Trinajstić information content (AvgIpc) is 2.32. The molecule has 0 aliphatic heterocycles. The Labute approximate surface area is 77.4 Å². The molecule has 1 atom stereocenters. The maximum Gasteiger partial charge on any atom is 0.328 e. The third-order valence-electron chi connectivity index (χ3n) is 1.89. The van der Waals surface area contributed by atoms with Crippen LogP contribution in [0.15, 0.2) is 17.2 Å². The van der Waals surface area contributed by atoms with Crippen molar-refractivity contribution in [3.63, 3.8) is 0 Å². The topological polar surface area (TPSA) is 47.2 Å². The smallest absolute Gasteiger partial charge is 0.328 e. The lowest BCUT2D eigenvalue weighted by atomic mass is 10.4. The van der Waals surface area contributed by atoms with Crippen molar-refractivity contribution in [2.45, 2.75) is 39.5 Å². The maximum atomic E-state index is 11.6. The number of nitrogens with zero attached hydrogens (tertiary/aromatic N) is 2. The van der Waals surface area contributed by atoms with Crippen molar-refractivity contribution in [2.75, 3.05) is 0 Å².